The highest BCUT2D eigenvalue weighted by atomic mass is 16.1. The molecule has 1 heterocycles. The molecule has 2 aromatic rings. The van der Waals surface area contributed by atoms with Crippen LogP contribution in [0.2, 0.25) is 0 Å². The summed E-state index contributed by atoms with van der Waals surface area (Å²) in [6.45, 7) is 3.73. The molecule has 114 valence electrons. The number of allylic oxidation sites excluding steroid dienone is 2. The Bertz CT molecular complexity index is 710. The number of hydrogen-bond donors (Lipinski definition) is 1. The van der Waals surface area contributed by atoms with Crippen molar-refractivity contribution in [3.63, 3.8) is 0 Å². The molecule has 0 spiro atoms. The average molecular weight is 296 g/mol. The van der Waals surface area contributed by atoms with Crippen LogP contribution in [0.1, 0.15) is 18.3 Å². The van der Waals surface area contributed by atoms with Gasteiger partial charge in [-0.05, 0) is 43.7 Å². The number of rotatable bonds is 5. The van der Waals surface area contributed by atoms with Gasteiger partial charge in [0.1, 0.15) is 17.9 Å². The predicted octanol–water partition coefficient (Wildman–Crippen LogP) is 3.20. The number of aryl methyl sites for hydroxylation is 1. The maximum absolute atomic E-state index is 10.8. The fraction of sp³-hybridized carbons (Fsp3) is 0.235. The van der Waals surface area contributed by atoms with E-state index in [1.54, 1.807) is 6.20 Å². The van der Waals surface area contributed by atoms with Crippen LogP contribution < -0.4 is 10.2 Å². The molecule has 0 atom stereocenters. The molecule has 0 fully saturated rings. The lowest BCUT2D eigenvalue weighted by Gasteiger charge is -2.22. The number of hydrogen-bond acceptors (Lipinski definition) is 5. The molecular formula is C17H20N4O. The molecule has 5 heteroatoms. The van der Waals surface area contributed by atoms with Gasteiger partial charge < -0.3 is 10.2 Å². The Hall–Kier alpha value is -2.69. The van der Waals surface area contributed by atoms with Crippen LogP contribution in [0, 0.1) is 6.92 Å². The van der Waals surface area contributed by atoms with Gasteiger partial charge in [-0.3, -0.25) is 4.79 Å². The zero-order valence-electron chi connectivity index (χ0n) is 13.3. The minimum absolute atomic E-state index is 0.689. The number of aromatic nitrogens is 2. The van der Waals surface area contributed by atoms with Crippen molar-refractivity contribution in [1.29, 1.82) is 0 Å². The molecule has 0 radical (unpaired) electrons. The summed E-state index contributed by atoms with van der Waals surface area (Å²) in [6.07, 6.45) is 4.06. The molecule has 2 rings (SSSR count). The minimum atomic E-state index is 0.689. The molecule has 0 aliphatic carbocycles. The summed E-state index contributed by atoms with van der Waals surface area (Å²) in [4.78, 5) is 21.5. The molecule has 5 nitrogen and oxygen atoms in total. The lowest BCUT2D eigenvalue weighted by atomic mass is 10.1. The SMILES string of the molecule is CNc1cccc(N(C)c2nc(C)ncc2/C(C)=C\C=O)c1. The van der Waals surface area contributed by atoms with Gasteiger partial charge in [-0.1, -0.05) is 6.07 Å². The van der Waals surface area contributed by atoms with Crippen LogP contribution in [-0.4, -0.2) is 30.3 Å². The van der Waals surface area contributed by atoms with Gasteiger partial charge >= 0.3 is 0 Å². The number of anilines is 3. The second-order valence-electron chi connectivity index (χ2n) is 5.00. The van der Waals surface area contributed by atoms with Crippen LogP contribution in [0.15, 0.2) is 36.5 Å². The van der Waals surface area contributed by atoms with Crippen LogP contribution in [-0.2, 0) is 4.79 Å². The zero-order chi connectivity index (χ0) is 16.1. The highest BCUT2D eigenvalue weighted by Gasteiger charge is 2.14. The Kier molecular flexibility index (Phi) is 4.88. The van der Waals surface area contributed by atoms with Gasteiger partial charge in [0, 0.05) is 37.2 Å². The summed E-state index contributed by atoms with van der Waals surface area (Å²) in [7, 11) is 3.84. The van der Waals surface area contributed by atoms with Gasteiger partial charge in [0.15, 0.2) is 0 Å². The second kappa shape index (κ2) is 6.85. The lowest BCUT2D eigenvalue weighted by molar-refractivity contribution is -0.104. The Balaban J connectivity index is 2.52. The van der Waals surface area contributed by atoms with Gasteiger partial charge in [-0.25, -0.2) is 9.97 Å². The number of aldehydes is 1. The zero-order valence-corrected chi connectivity index (χ0v) is 13.3. The van der Waals surface area contributed by atoms with E-state index < -0.39 is 0 Å². The van der Waals surface area contributed by atoms with E-state index in [0.717, 1.165) is 34.6 Å². The van der Waals surface area contributed by atoms with Gasteiger partial charge in [0.05, 0.1) is 0 Å². The van der Waals surface area contributed by atoms with Crippen molar-refractivity contribution in [3.8, 4) is 0 Å². The molecular weight excluding hydrogens is 276 g/mol. The summed E-state index contributed by atoms with van der Waals surface area (Å²) < 4.78 is 0. The van der Waals surface area contributed by atoms with Gasteiger partial charge in [-0.15, -0.1) is 0 Å². The Morgan fingerprint density at radius 3 is 2.82 bits per heavy atom. The molecule has 0 saturated carbocycles. The second-order valence-corrected chi connectivity index (χ2v) is 5.00. The summed E-state index contributed by atoms with van der Waals surface area (Å²) in [5.41, 5.74) is 3.71. The predicted molar refractivity (Wildman–Crippen MR) is 90.5 cm³/mol. The largest absolute Gasteiger partial charge is 0.388 e. The molecule has 1 aromatic heterocycles. The summed E-state index contributed by atoms with van der Waals surface area (Å²) in [5, 5.41) is 3.13. The number of benzene rings is 1. The maximum atomic E-state index is 10.8. The highest BCUT2D eigenvalue weighted by Crippen LogP contribution is 2.30. The van der Waals surface area contributed by atoms with Crippen molar-refractivity contribution in [3.05, 3.63) is 47.9 Å². The summed E-state index contributed by atoms with van der Waals surface area (Å²) >= 11 is 0. The van der Waals surface area contributed by atoms with Crippen molar-refractivity contribution < 1.29 is 4.79 Å². The molecule has 0 saturated heterocycles. The molecule has 0 amide bonds. The monoisotopic (exact) mass is 296 g/mol. The highest BCUT2D eigenvalue weighted by molar-refractivity contribution is 5.85. The minimum Gasteiger partial charge on any atom is -0.388 e. The molecule has 0 unspecified atom stereocenters. The van der Waals surface area contributed by atoms with E-state index in [2.05, 4.69) is 15.3 Å². The standard InChI is InChI=1S/C17H20N4O/c1-12(8-9-22)16-11-19-13(2)20-17(16)21(4)15-7-5-6-14(10-15)18-3/h5-11,18H,1-4H3/b12-8-. The normalized spacial score (nSPS) is 11.2. The number of carbonyl (C=O) groups excluding carboxylic acids is 1. The Labute approximate surface area is 130 Å². The van der Waals surface area contributed by atoms with Crippen LogP contribution in [0.4, 0.5) is 17.2 Å². The van der Waals surface area contributed by atoms with E-state index in [-0.39, 0.29) is 0 Å². The molecule has 1 aromatic carbocycles. The fourth-order valence-corrected chi connectivity index (χ4v) is 2.18. The van der Waals surface area contributed by atoms with E-state index in [0.29, 0.717) is 5.82 Å². The van der Waals surface area contributed by atoms with Gasteiger partial charge in [-0.2, -0.15) is 0 Å². The Morgan fingerprint density at radius 2 is 2.14 bits per heavy atom. The average Bonchev–Trinajstić information content (AvgIpc) is 2.54. The third kappa shape index (κ3) is 3.31. The molecule has 1 N–H and O–H groups in total. The quantitative estimate of drug-likeness (QED) is 0.678. The molecule has 0 bridgehead atoms. The third-order valence-electron chi connectivity index (χ3n) is 3.47. The number of nitrogens with one attached hydrogen (secondary N) is 1. The van der Waals surface area contributed by atoms with E-state index in [1.807, 2.05) is 57.1 Å². The number of nitrogens with zero attached hydrogens (tertiary/aromatic N) is 3. The van der Waals surface area contributed by atoms with Crippen molar-refractivity contribution in [2.45, 2.75) is 13.8 Å². The lowest BCUT2D eigenvalue weighted by Crippen LogP contribution is -2.14. The van der Waals surface area contributed by atoms with Gasteiger partial charge in [0.25, 0.3) is 0 Å². The van der Waals surface area contributed by atoms with Crippen LogP contribution in [0.5, 0.6) is 0 Å². The topological polar surface area (TPSA) is 58.1 Å². The van der Waals surface area contributed by atoms with E-state index in [9.17, 15) is 4.79 Å². The molecule has 22 heavy (non-hydrogen) atoms. The third-order valence-corrected chi connectivity index (χ3v) is 3.47. The smallest absolute Gasteiger partial charge is 0.144 e. The van der Waals surface area contributed by atoms with Crippen LogP contribution >= 0.6 is 0 Å². The Morgan fingerprint density at radius 1 is 1.36 bits per heavy atom. The van der Waals surface area contributed by atoms with E-state index in [1.165, 1.54) is 6.08 Å². The van der Waals surface area contributed by atoms with Crippen LogP contribution in [0.3, 0.4) is 0 Å². The van der Waals surface area contributed by atoms with Crippen molar-refractivity contribution in [2.24, 2.45) is 0 Å². The molecule has 0 aliphatic rings. The van der Waals surface area contributed by atoms with Crippen molar-refractivity contribution in [1.82, 2.24) is 9.97 Å². The van der Waals surface area contributed by atoms with Crippen LogP contribution in [0.25, 0.3) is 5.57 Å². The first-order chi connectivity index (χ1) is 10.6. The van der Waals surface area contributed by atoms with Gasteiger partial charge in [0.2, 0.25) is 0 Å². The van der Waals surface area contributed by atoms with E-state index in [4.69, 9.17) is 0 Å². The maximum Gasteiger partial charge on any atom is 0.144 e. The first-order valence-corrected chi connectivity index (χ1v) is 7.04. The van der Waals surface area contributed by atoms with Crippen molar-refractivity contribution in [2.75, 3.05) is 24.3 Å². The first kappa shape index (κ1) is 15.7. The summed E-state index contributed by atoms with van der Waals surface area (Å²) in [5.74, 6) is 1.46. The fourth-order valence-electron chi connectivity index (χ4n) is 2.18. The summed E-state index contributed by atoms with van der Waals surface area (Å²) in [6, 6.07) is 8.04. The first-order valence-electron chi connectivity index (χ1n) is 7.04. The van der Waals surface area contributed by atoms with Crippen molar-refractivity contribution >= 4 is 29.1 Å². The number of carbonyl (C=O) groups is 1. The molecule has 0 aliphatic heterocycles. The van der Waals surface area contributed by atoms with E-state index >= 15 is 0 Å².